The highest BCUT2D eigenvalue weighted by molar-refractivity contribution is 5.15. The highest BCUT2D eigenvalue weighted by Crippen LogP contribution is 2.19. The van der Waals surface area contributed by atoms with Gasteiger partial charge in [0.05, 0.1) is 12.1 Å². The predicted octanol–water partition coefficient (Wildman–Crippen LogP) is 1.77. The molecule has 0 aromatic carbocycles. The van der Waals surface area contributed by atoms with Gasteiger partial charge in [0.1, 0.15) is 0 Å². The Kier molecular flexibility index (Phi) is 4.56. The SMILES string of the molecule is CCC(OC)C(NC)c1cccnc1. The van der Waals surface area contributed by atoms with Crippen LogP contribution in [0.3, 0.4) is 0 Å². The lowest BCUT2D eigenvalue weighted by molar-refractivity contribution is 0.0675. The minimum atomic E-state index is 0.198. The van der Waals surface area contributed by atoms with Crippen LogP contribution < -0.4 is 5.32 Å². The first kappa shape index (κ1) is 11.1. The highest BCUT2D eigenvalue weighted by atomic mass is 16.5. The van der Waals surface area contributed by atoms with Gasteiger partial charge in [-0.3, -0.25) is 4.98 Å². The Morgan fingerprint density at radius 1 is 1.57 bits per heavy atom. The molecule has 2 unspecified atom stereocenters. The van der Waals surface area contributed by atoms with Gasteiger partial charge >= 0.3 is 0 Å². The van der Waals surface area contributed by atoms with Crippen LogP contribution in [-0.2, 0) is 4.74 Å². The number of hydrogen-bond donors (Lipinski definition) is 1. The number of methoxy groups -OCH3 is 1. The molecule has 1 N–H and O–H groups in total. The summed E-state index contributed by atoms with van der Waals surface area (Å²) in [5.74, 6) is 0. The van der Waals surface area contributed by atoms with E-state index in [1.165, 1.54) is 5.56 Å². The van der Waals surface area contributed by atoms with E-state index in [0.717, 1.165) is 6.42 Å². The molecular formula is C11H18N2O. The van der Waals surface area contributed by atoms with Gasteiger partial charge in [-0.2, -0.15) is 0 Å². The average molecular weight is 194 g/mol. The molecule has 0 fully saturated rings. The molecule has 0 amide bonds. The molecule has 78 valence electrons. The molecule has 14 heavy (non-hydrogen) atoms. The van der Waals surface area contributed by atoms with Crippen molar-refractivity contribution in [1.82, 2.24) is 10.3 Å². The Bertz CT molecular complexity index is 247. The van der Waals surface area contributed by atoms with E-state index in [1.54, 1.807) is 13.3 Å². The van der Waals surface area contributed by atoms with Gasteiger partial charge in [0.25, 0.3) is 0 Å². The number of nitrogens with zero attached hydrogens (tertiary/aromatic N) is 1. The average Bonchev–Trinajstić information content (AvgIpc) is 2.27. The van der Waals surface area contributed by atoms with Gasteiger partial charge in [-0.1, -0.05) is 13.0 Å². The zero-order chi connectivity index (χ0) is 10.4. The minimum absolute atomic E-state index is 0.198. The van der Waals surface area contributed by atoms with Crippen molar-refractivity contribution in [3.8, 4) is 0 Å². The summed E-state index contributed by atoms with van der Waals surface area (Å²) < 4.78 is 5.42. The zero-order valence-electron chi connectivity index (χ0n) is 9.03. The molecule has 1 aromatic heterocycles. The molecule has 1 rings (SSSR count). The first-order chi connectivity index (χ1) is 6.83. The van der Waals surface area contributed by atoms with E-state index in [2.05, 4.69) is 23.3 Å². The van der Waals surface area contributed by atoms with Crippen molar-refractivity contribution in [2.45, 2.75) is 25.5 Å². The van der Waals surface area contributed by atoms with Crippen LogP contribution in [-0.4, -0.2) is 25.2 Å². The molecular weight excluding hydrogens is 176 g/mol. The van der Waals surface area contributed by atoms with Gasteiger partial charge in [-0.25, -0.2) is 0 Å². The van der Waals surface area contributed by atoms with E-state index in [0.29, 0.717) is 0 Å². The van der Waals surface area contributed by atoms with Gasteiger partial charge in [0.15, 0.2) is 0 Å². The van der Waals surface area contributed by atoms with Crippen LogP contribution in [0, 0.1) is 0 Å². The van der Waals surface area contributed by atoms with Crippen molar-refractivity contribution in [3.63, 3.8) is 0 Å². The minimum Gasteiger partial charge on any atom is -0.379 e. The lowest BCUT2D eigenvalue weighted by atomic mass is 10.0. The Balaban J connectivity index is 2.81. The zero-order valence-corrected chi connectivity index (χ0v) is 9.03. The van der Waals surface area contributed by atoms with Crippen LogP contribution in [0.15, 0.2) is 24.5 Å². The summed E-state index contributed by atoms with van der Waals surface area (Å²) in [5, 5.41) is 3.26. The van der Waals surface area contributed by atoms with E-state index in [9.17, 15) is 0 Å². The molecule has 2 atom stereocenters. The molecule has 0 saturated carbocycles. The molecule has 3 heteroatoms. The third-order valence-corrected chi connectivity index (χ3v) is 2.43. The fraction of sp³-hybridized carbons (Fsp3) is 0.545. The summed E-state index contributed by atoms with van der Waals surface area (Å²) in [6.07, 6.45) is 4.84. The summed E-state index contributed by atoms with van der Waals surface area (Å²) in [4.78, 5) is 4.11. The highest BCUT2D eigenvalue weighted by Gasteiger charge is 2.19. The van der Waals surface area contributed by atoms with Crippen molar-refractivity contribution in [2.24, 2.45) is 0 Å². The lowest BCUT2D eigenvalue weighted by Crippen LogP contribution is -2.30. The molecule has 1 aromatic rings. The van der Waals surface area contributed by atoms with E-state index in [4.69, 9.17) is 4.74 Å². The van der Waals surface area contributed by atoms with Crippen LogP contribution in [0.2, 0.25) is 0 Å². The topological polar surface area (TPSA) is 34.1 Å². The molecule has 0 saturated heterocycles. The maximum atomic E-state index is 5.42. The molecule has 0 aliphatic rings. The second kappa shape index (κ2) is 5.73. The number of pyridine rings is 1. The number of likely N-dealkylation sites (N-methyl/N-ethyl adjacent to an activating group) is 1. The Hall–Kier alpha value is -0.930. The number of ether oxygens (including phenoxy) is 1. The quantitative estimate of drug-likeness (QED) is 0.775. The second-order valence-electron chi connectivity index (χ2n) is 3.24. The van der Waals surface area contributed by atoms with E-state index in [-0.39, 0.29) is 12.1 Å². The second-order valence-corrected chi connectivity index (χ2v) is 3.24. The van der Waals surface area contributed by atoms with Gasteiger partial charge < -0.3 is 10.1 Å². The van der Waals surface area contributed by atoms with Crippen LogP contribution in [0.4, 0.5) is 0 Å². The maximum absolute atomic E-state index is 5.42. The molecule has 1 heterocycles. The standard InChI is InChI=1S/C11H18N2O/c1-4-10(14-3)11(12-2)9-6-5-7-13-8-9/h5-8,10-12H,4H2,1-3H3. The van der Waals surface area contributed by atoms with Gasteiger partial charge in [-0.05, 0) is 25.1 Å². The van der Waals surface area contributed by atoms with Crippen molar-refractivity contribution < 1.29 is 4.74 Å². The molecule has 0 bridgehead atoms. The fourth-order valence-corrected chi connectivity index (χ4v) is 1.67. The third-order valence-electron chi connectivity index (χ3n) is 2.43. The van der Waals surface area contributed by atoms with Crippen LogP contribution in [0.25, 0.3) is 0 Å². The summed E-state index contributed by atoms with van der Waals surface area (Å²) in [7, 11) is 3.69. The molecule has 0 aliphatic carbocycles. The van der Waals surface area contributed by atoms with Crippen molar-refractivity contribution in [1.29, 1.82) is 0 Å². The number of aromatic nitrogens is 1. The monoisotopic (exact) mass is 194 g/mol. The fourth-order valence-electron chi connectivity index (χ4n) is 1.67. The first-order valence-corrected chi connectivity index (χ1v) is 4.93. The number of nitrogens with one attached hydrogen (secondary N) is 1. The Morgan fingerprint density at radius 2 is 2.36 bits per heavy atom. The van der Waals surface area contributed by atoms with Crippen LogP contribution in [0.1, 0.15) is 24.9 Å². The predicted molar refractivity (Wildman–Crippen MR) is 57.1 cm³/mol. The Morgan fingerprint density at radius 3 is 2.79 bits per heavy atom. The van der Waals surface area contributed by atoms with E-state index >= 15 is 0 Å². The van der Waals surface area contributed by atoms with Crippen LogP contribution >= 0.6 is 0 Å². The lowest BCUT2D eigenvalue weighted by Gasteiger charge is -2.24. The number of hydrogen-bond acceptors (Lipinski definition) is 3. The van der Waals surface area contributed by atoms with E-state index in [1.807, 2.05) is 19.3 Å². The molecule has 0 radical (unpaired) electrons. The van der Waals surface area contributed by atoms with Crippen molar-refractivity contribution in [2.75, 3.05) is 14.2 Å². The van der Waals surface area contributed by atoms with Crippen molar-refractivity contribution in [3.05, 3.63) is 30.1 Å². The van der Waals surface area contributed by atoms with Crippen molar-refractivity contribution >= 4 is 0 Å². The maximum Gasteiger partial charge on any atom is 0.0763 e. The molecule has 0 spiro atoms. The largest absolute Gasteiger partial charge is 0.379 e. The van der Waals surface area contributed by atoms with Gasteiger partial charge in [-0.15, -0.1) is 0 Å². The molecule has 3 nitrogen and oxygen atoms in total. The first-order valence-electron chi connectivity index (χ1n) is 4.93. The summed E-state index contributed by atoms with van der Waals surface area (Å²) in [6.45, 7) is 2.12. The third kappa shape index (κ3) is 2.53. The van der Waals surface area contributed by atoms with Crippen LogP contribution in [0.5, 0.6) is 0 Å². The summed E-state index contributed by atoms with van der Waals surface area (Å²) in [5.41, 5.74) is 1.17. The summed E-state index contributed by atoms with van der Waals surface area (Å²) in [6, 6.07) is 4.23. The summed E-state index contributed by atoms with van der Waals surface area (Å²) >= 11 is 0. The molecule has 0 aliphatic heterocycles. The Labute approximate surface area is 85.5 Å². The normalized spacial score (nSPS) is 15.1. The smallest absolute Gasteiger partial charge is 0.0763 e. The number of rotatable bonds is 5. The van der Waals surface area contributed by atoms with Gasteiger partial charge in [0, 0.05) is 19.5 Å². The van der Waals surface area contributed by atoms with E-state index < -0.39 is 0 Å². The van der Waals surface area contributed by atoms with Gasteiger partial charge in [0.2, 0.25) is 0 Å².